The average Bonchev–Trinajstić information content (AvgIpc) is 3.13. The molecule has 0 bridgehead atoms. The van der Waals surface area contributed by atoms with Crippen LogP contribution in [0.3, 0.4) is 0 Å². The lowest BCUT2D eigenvalue weighted by Crippen LogP contribution is -2.17. The Morgan fingerprint density at radius 2 is 1.80 bits per heavy atom. The molecule has 1 N–H and O–H groups in total. The SMILES string of the molecule is COc1ccc(Cn2nnc(C(=O)O)c2C(=O)c2cc(C)c(C)cc2[N+](=O)[O-])cc1. The van der Waals surface area contributed by atoms with Gasteiger partial charge >= 0.3 is 5.97 Å². The van der Waals surface area contributed by atoms with Crippen molar-refractivity contribution in [2.45, 2.75) is 20.4 Å². The molecule has 0 amide bonds. The number of carboxylic acid groups (broad SMARTS) is 1. The molecule has 1 heterocycles. The highest BCUT2D eigenvalue weighted by Crippen LogP contribution is 2.27. The number of nitro groups is 1. The fourth-order valence-electron chi connectivity index (χ4n) is 2.96. The largest absolute Gasteiger partial charge is 0.497 e. The van der Waals surface area contributed by atoms with Gasteiger partial charge in [0.2, 0.25) is 11.5 Å². The first kappa shape index (κ1) is 20.6. The van der Waals surface area contributed by atoms with E-state index in [4.69, 9.17) is 4.74 Å². The monoisotopic (exact) mass is 410 g/mol. The Hall–Kier alpha value is -4.08. The second kappa shape index (κ2) is 8.11. The van der Waals surface area contributed by atoms with E-state index in [1.165, 1.54) is 19.2 Å². The summed E-state index contributed by atoms with van der Waals surface area (Å²) in [5, 5.41) is 28.4. The van der Waals surface area contributed by atoms with E-state index in [0.29, 0.717) is 22.4 Å². The zero-order valence-electron chi connectivity index (χ0n) is 16.4. The molecule has 3 aromatic rings. The van der Waals surface area contributed by atoms with Gasteiger partial charge in [-0.3, -0.25) is 14.9 Å². The number of rotatable bonds is 7. The fraction of sp³-hybridized carbons (Fsp3) is 0.200. The maximum atomic E-state index is 13.2. The number of benzene rings is 2. The number of aromatic nitrogens is 3. The quantitative estimate of drug-likeness (QED) is 0.356. The Labute approximate surface area is 170 Å². The molecule has 10 nitrogen and oxygen atoms in total. The number of nitrogens with zero attached hydrogens (tertiary/aromatic N) is 4. The van der Waals surface area contributed by atoms with Gasteiger partial charge in [0.05, 0.1) is 18.6 Å². The van der Waals surface area contributed by atoms with Crippen LogP contribution in [0.2, 0.25) is 0 Å². The van der Waals surface area contributed by atoms with Crippen molar-refractivity contribution in [3.63, 3.8) is 0 Å². The van der Waals surface area contributed by atoms with Crippen LogP contribution in [-0.2, 0) is 6.54 Å². The third kappa shape index (κ3) is 3.88. The maximum absolute atomic E-state index is 13.2. The minimum absolute atomic E-state index is 0.0456. The molecule has 1 aromatic heterocycles. The lowest BCUT2D eigenvalue weighted by molar-refractivity contribution is -0.385. The van der Waals surface area contributed by atoms with Gasteiger partial charge in [0.1, 0.15) is 17.0 Å². The molecule has 30 heavy (non-hydrogen) atoms. The van der Waals surface area contributed by atoms with Crippen LogP contribution in [-0.4, -0.2) is 43.9 Å². The minimum atomic E-state index is -1.45. The highest BCUT2D eigenvalue weighted by atomic mass is 16.6. The number of hydrogen-bond donors (Lipinski definition) is 1. The van der Waals surface area contributed by atoms with Crippen LogP contribution in [0.15, 0.2) is 36.4 Å². The molecule has 0 aliphatic heterocycles. The lowest BCUT2D eigenvalue weighted by atomic mass is 9.99. The standard InChI is InChI=1S/C20H18N4O6/c1-11-8-15(16(24(28)29)9-12(11)2)19(25)18-17(20(26)27)21-22-23(18)10-13-4-6-14(30-3)7-5-13/h4-9H,10H2,1-3H3,(H,26,27). The first-order chi connectivity index (χ1) is 14.2. The summed E-state index contributed by atoms with van der Waals surface area (Å²) in [4.78, 5) is 35.7. The number of carbonyl (C=O) groups is 2. The molecule has 0 radical (unpaired) electrons. The van der Waals surface area contributed by atoms with Crippen molar-refractivity contribution in [2.75, 3.05) is 7.11 Å². The van der Waals surface area contributed by atoms with E-state index >= 15 is 0 Å². The van der Waals surface area contributed by atoms with Crippen molar-refractivity contribution in [2.24, 2.45) is 0 Å². The van der Waals surface area contributed by atoms with Crippen LogP contribution >= 0.6 is 0 Å². The number of carbonyl (C=O) groups excluding carboxylic acids is 1. The van der Waals surface area contributed by atoms with Crippen molar-refractivity contribution in [3.05, 3.63) is 80.2 Å². The highest BCUT2D eigenvalue weighted by molar-refractivity contribution is 6.14. The number of aromatic carboxylic acids is 1. The summed E-state index contributed by atoms with van der Waals surface area (Å²) < 4.78 is 6.23. The zero-order chi connectivity index (χ0) is 22.0. The topological polar surface area (TPSA) is 137 Å². The zero-order valence-corrected chi connectivity index (χ0v) is 16.4. The Morgan fingerprint density at radius 3 is 2.37 bits per heavy atom. The van der Waals surface area contributed by atoms with Gasteiger partial charge in [-0.25, -0.2) is 9.48 Å². The molecule has 0 saturated carbocycles. The molecule has 0 unspecified atom stereocenters. The summed E-state index contributed by atoms with van der Waals surface area (Å²) >= 11 is 0. The van der Waals surface area contributed by atoms with Crippen molar-refractivity contribution < 1.29 is 24.4 Å². The van der Waals surface area contributed by atoms with Gasteiger partial charge in [-0.15, -0.1) is 5.10 Å². The highest BCUT2D eigenvalue weighted by Gasteiger charge is 2.31. The summed E-state index contributed by atoms with van der Waals surface area (Å²) in [6.45, 7) is 3.44. The molecule has 3 rings (SSSR count). The summed E-state index contributed by atoms with van der Waals surface area (Å²) in [7, 11) is 1.53. The van der Waals surface area contributed by atoms with Gasteiger partial charge in [-0.05, 0) is 48.7 Å². The number of hydrogen-bond acceptors (Lipinski definition) is 7. The second-order valence-electron chi connectivity index (χ2n) is 6.64. The van der Waals surface area contributed by atoms with E-state index < -0.39 is 28.1 Å². The molecule has 0 aliphatic carbocycles. The van der Waals surface area contributed by atoms with Gasteiger partial charge in [-0.2, -0.15) is 0 Å². The van der Waals surface area contributed by atoms with E-state index in [0.717, 1.165) is 4.68 Å². The molecule has 154 valence electrons. The Morgan fingerprint density at radius 1 is 1.17 bits per heavy atom. The van der Waals surface area contributed by atoms with Gasteiger partial charge < -0.3 is 9.84 Å². The molecule has 0 fully saturated rings. The van der Waals surface area contributed by atoms with Gasteiger partial charge in [-0.1, -0.05) is 17.3 Å². The third-order valence-corrected chi connectivity index (χ3v) is 4.70. The van der Waals surface area contributed by atoms with Crippen LogP contribution in [0.5, 0.6) is 5.75 Å². The van der Waals surface area contributed by atoms with Crippen LogP contribution in [0.25, 0.3) is 0 Å². The van der Waals surface area contributed by atoms with Gasteiger partial charge in [0, 0.05) is 6.07 Å². The van der Waals surface area contributed by atoms with Gasteiger partial charge in [0.15, 0.2) is 0 Å². The molecule has 2 aromatic carbocycles. The number of ketones is 1. The minimum Gasteiger partial charge on any atom is -0.497 e. The van der Waals surface area contributed by atoms with Crippen LogP contribution in [0.4, 0.5) is 5.69 Å². The van der Waals surface area contributed by atoms with Crippen molar-refractivity contribution in [1.29, 1.82) is 0 Å². The third-order valence-electron chi connectivity index (χ3n) is 4.70. The fourth-order valence-corrected chi connectivity index (χ4v) is 2.96. The van der Waals surface area contributed by atoms with Crippen molar-refractivity contribution in [3.8, 4) is 5.75 Å². The predicted molar refractivity (Wildman–Crippen MR) is 105 cm³/mol. The number of carboxylic acids is 1. The summed E-state index contributed by atoms with van der Waals surface area (Å²) in [6, 6.07) is 9.55. The lowest BCUT2D eigenvalue weighted by Gasteiger charge is -2.09. The van der Waals surface area contributed by atoms with E-state index in [1.807, 2.05) is 0 Å². The van der Waals surface area contributed by atoms with Crippen molar-refractivity contribution in [1.82, 2.24) is 15.0 Å². The number of aryl methyl sites for hydroxylation is 2. The molecule has 0 aliphatic rings. The second-order valence-corrected chi connectivity index (χ2v) is 6.64. The number of ether oxygens (including phenoxy) is 1. The summed E-state index contributed by atoms with van der Waals surface area (Å²) in [5.74, 6) is -1.66. The van der Waals surface area contributed by atoms with E-state index in [1.54, 1.807) is 38.1 Å². The van der Waals surface area contributed by atoms with Crippen LogP contribution in [0, 0.1) is 24.0 Å². The van der Waals surface area contributed by atoms with E-state index in [9.17, 15) is 24.8 Å². The maximum Gasteiger partial charge on any atom is 0.358 e. The van der Waals surface area contributed by atoms with Crippen LogP contribution in [0.1, 0.15) is 43.2 Å². The normalized spacial score (nSPS) is 10.6. The smallest absolute Gasteiger partial charge is 0.358 e. The Balaban J connectivity index is 2.11. The first-order valence-corrected chi connectivity index (χ1v) is 8.83. The molecule has 10 heteroatoms. The van der Waals surface area contributed by atoms with Gasteiger partial charge in [0.25, 0.3) is 5.69 Å². The number of methoxy groups -OCH3 is 1. The Bertz CT molecular complexity index is 1150. The summed E-state index contributed by atoms with van der Waals surface area (Å²) in [5.41, 5.74) is 0.490. The molecular formula is C20H18N4O6. The van der Waals surface area contributed by atoms with Crippen molar-refractivity contribution >= 4 is 17.4 Å². The predicted octanol–water partition coefficient (Wildman–Crippen LogP) is 2.79. The molecule has 0 atom stereocenters. The summed E-state index contributed by atoms with van der Waals surface area (Å²) in [6.07, 6.45) is 0. The van der Waals surface area contributed by atoms with Crippen LogP contribution < -0.4 is 4.74 Å². The Kier molecular flexibility index (Phi) is 5.58. The van der Waals surface area contributed by atoms with E-state index in [2.05, 4.69) is 10.3 Å². The molecular weight excluding hydrogens is 392 g/mol. The average molecular weight is 410 g/mol. The first-order valence-electron chi connectivity index (χ1n) is 8.83. The molecule has 0 saturated heterocycles. The van der Waals surface area contributed by atoms with E-state index in [-0.39, 0.29) is 17.8 Å². The number of nitro benzene ring substituents is 1. The molecule has 0 spiro atoms.